The lowest BCUT2D eigenvalue weighted by Crippen LogP contribution is -2.47. The van der Waals surface area contributed by atoms with Gasteiger partial charge in [0.05, 0.1) is 24.1 Å². The van der Waals surface area contributed by atoms with Gasteiger partial charge >= 0.3 is 0 Å². The second-order valence-electron chi connectivity index (χ2n) is 7.91. The second kappa shape index (κ2) is 7.92. The van der Waals surface area contributed by atoms with Gasteiger partial charge in [0.1, 0.15) is 5.69 Å². The van der Waals surface area contributed by atoms with E-state index in [-0.39, 0.29) is 0 Å². The molecule has 142 valence electrons. The van der Waals surface area contributed by atoms with Crippen LogP contribution in [0.2, 0.25) is 0 Å². The van der Waals surface area contributed by atoms with Crippen LogP contribution in [-0.4, -0.2) is 60.2 Å². The maximum Gasteiger partial charge on any atom is 0.267 e. The molecule has 2 N–H and O–H groups in total. The minimum atomic E-state index is -0.480. The number of anilines is 1. The zero-order chi connectivity index (χ0) is 17.9. The molecule has 0 bridgehead atoms. The van der Waals surface area contributed by atoms with Crippen LogP contribution in [0.25, 0.3) is 0 Å². The van der Waals surface area contributed by atoms with Crippen LogP contribution in [0.3, 0.4) is 0 Å². The molecule has 1 aliphatic carbocycles. The molecule has 6 heteroatoms. The first-order valence-electron chi connectivity index (χ1n) is 10.1. The Morgan fingerprint density at radius 2 is 1.65 bits per heavy atom. The topological polar surface area (TPSA) is 71.7 Å². The highest BCUT2D eigenvalue weighted by Crippen LogP contribution is 2.29. The minimum absolute atomic E-state index is 0.320. The van der Waals surface area contributed by atoms with Gasteiger partial charge in [-0.1, -0.05) is 6.42 Å². The van der Waals surface area contributed by atoms with Crippen molar-refractivity contribution in [1.29, 1.82) is 0 Å². The Bertz CT molecular complexity index is 601. The first-order chi connectivity index (χ1) is 12.7. The van der Waals surface area contributed by atoms with E-state index in [1.54, 1.807) is 12.3 Å². The summed E-state index contributed by atoms with van der Waals surface area (Å²) in [6.45, 7) is 4.38. The number of piperidine rings is 2. The molecule has 0 spiro atoms. The van der Waals surface area contributed by atoms with Crippen molar-refractivity contribution in [3.8, 4) is 0 Å². The molecule has 3 heterocycles. The molecule has 2 aliphatic heterocycles. The Kier molecular flexibility index (Phi) is 5.41. The van der Waals surface area contributed by atoms with Gasteiger partial charge in [-0.05, 0) is 50.7 Å². The number of amides is 1. The van der Waals surface area contributed by atoms with Gasteiger partial charge in [0.15, 0.2) is 0 Å². The molecule has 4 rings (SSSR count). The summed E-state index contributed by atoms with van der Waals surface area (Å²) in [5.41, 5.74) is 6.63. The number of ether oxygens (including phenoxy) is 1. The first-order valence-corrected chi connectivity index (χ1v) is 10.1. The van der Waals surface area contributed by atoms with Crippen molar-refractivity contribution in [2.45, 2.75) is 63.2 Å². The lowest BCUT2D eigenvalue weighted by Gasteiger charge is -2.43. The fraction of sp³-hybridized carbons (Fsp3) is 0.700. The Labute approximate surface area is 155 Å². The molecule has 3 fully saturated rings. The Morgan fingerprint density at radius 1 is 1.00 bits per heavy atom. The highest BCUT2D eigenvalue weighted by atomic mass is 16.5. The average Bonchev–Trinajstić information content (AvgIpc) is 2.63. The van der Waals surface area contributed by atoms with Gasteiger partial charge in [-0.15, -0.1) is 0 Å². The van der Waals surface area contributed by atoms with Crippen molar-refractivity contribution in [1.82, 2.24) is 9.88 Å². The van der Waals surface area contributed by atoms with Crippen LogP contribution in [0, 0.1) is 0 Å². The van der Waals surface area contributed by atoms with Crippen LogP contribution >= 0.6 is 0 Å². The number of hydrogen-bond acceptors (Lipinski definition) is 5. The van der Waals surface area contributed by atoms with Crippen molar-refractivity contribution in [2.75, 3.05) is 31.1 Å². The van der Waals surface area contributed by atoms with E-state index in [0.29, 0.717) is 17.9 Å². The lowest BCUT2D eigenvalue weighted by atomic mass is 9.89. The molecule has 1 saturated carbocycles. The molecule has 3 aliphatic rings. The molecule has 1 aromatic rings. The number of hydrogen-bond donors (Lipinski definition) is 1. The third-order valence-electron chi connectivity index (χ3n) is 6.26. The molecular formula is C20H30N4O2. The molecule has 1 amide bonds. The van der Waals surface area contributed by atoms with Crippen molar-refractivity contribution in [3.63, 3.8) is 0 Å². The van der Waals surface area contributed by atoms with E-state index >= 15 is 0 Å². The van der Waals surface area contributed by atoms with Crippen molar-refractivity contribution >= 4 is 11.6 Å². The molecular weight excluding hydrogens is 328 g/mol. The second-order valence-corrected chi connectivity index (χ2v) is 7.91. The third kappa shape index (κ3) is 4.01. The maximum absolute atomic E-state index is 11.1. The summed E-state index contributed by atoms with van der Waals surface area (Å²) >= 11 is 0. The maximum atomic E-state index is 11.1. The quantitative estimate of drug-likeness (QED) is 0.873. The van der Waals surface area contributed by atoms with E-state index in [1.807, 2.05) is 6.07 Å². The summed E-state index contributed by atoms with van der Waals surface area (Å²) in [4.78, 5) is 20.3. The Morgan fingerprint density at radius 3 is 2.15 bits per heavy atom. The normalized spacial score (nSPS) is 23.8. The zero-order valence-electron chi connectivity index (χ0n) is 15.5. The van der Waals surface area contributed by atoms with Crippen LogP contribution in [0.15, 0.2) is 18.3 Å². The molecule has 26 heavy (non-hydrogen) atoms. The van der Waals surface area contributed by atoms with E-state index in [0.717, 1.165) is 37.7 Å². The van der Waals surface area contributed by atoms with Gasteiger partial charge < -0.3 is 20.3 Å². The van der Waals surface area contributed by atoms with Gasteiger partial charge in [-0.25, -0.2) is 4.98 Å². The average molecular weight is 358 g/mol. The number of primary amides is 1. The zero-order valence-corrected chi connectivity index (χ0v) is 15.5. The largest absolute Gasteiger partial charge is 0.375 e. The van der Waals surface area contributed by atoms with Gasteiger partial charge in [0, 0.05) is 32.2 Å². The summed E-state index contributed by atoms with van der Waals surface area (Å²) in [5.74, 6) is -0.480. The summed E-state index contributed by atoms with van der Waals surface area (Å²) in [5, 5.41) is 0. The standard InChI is InChI=1S/C20H30N4O2/c21-20(25)19-5-4-16(14-22-19)24-12-8-18(9-13-24)26-17-6-10-23(11-7-17)15-2-1-3-15/h4-5,14-15,17-18H,1-3,6-13H2,(H2,21,25). The third-order valence-corrected chi connectivity index (χ3v) is 6.26. The van der Waals surface area contributed by atoms with Crippen LogP contribution in [0.4, 0.5) is 5.69 Å². The van der Waals surface area contributed by atoms with Crippen LogP contribution in [0.5, 0.6) is 0 Å². The molecule has 0 radical (unpaired) electrons. The Hall–Kier alpha value is -1.66. The molecule has 0 aromatic carbocycles. The minimum Gasteiger partial charge on any atom is -0.375 e. The molecule has 1 aromatic heterocycles. The predicted octanol–water partition coefficient (Wildman–Crippen LogP) is 2.18. The molecule has 0 unspecified atom stereocenters. The van der Waals surface area contributed by atoms with Gasteiger partial charge in [-0.3, -0.25) is 4.79 Å². The van der Waals surface area contributed by atoms with E-state index in [2.05, 4.69) is 14.8 Å². The number of nitrogens with zero attached hydrogens (tertiary/aromatic N) is 3. The van der Waals surface area contributed by atoms with E-state index < -0.39 is 5.91 Å². The van der Waals surface area contributed by atoms with E-state index in [9.17, 15) is 4.79 Å². The van der Waals surface area contributed by atoms with E-state index in [4.69, 9.17) is 10.5 Å². The summed E-state index contributed by atoms with van der Waals surface area (Å²) in [6.07, 6.45) is 11.3. The van der Waals surface area contributed by atoms with Gasteiger partial charge in [0.2, 0.25) is 0 Å². The predicted molar refractivity (Wildman–Crippen MR) is 101 cm³/mol. The fourth-order valence-corrected chi connectivity index (χ4v) is 4.37. The lowest BCUT2D eigenvalue weighted by molar-refractivity contribution is -0.0598. The molecule has 6 nitrogen and oxygen atoms in total. The van der Waals surface area contributed by atoms with Crippen molar-refractivity contribution in [3.05, 3.63) is 24.0 Å². The molecule has 2 saturated heterocycles. The SMILES string of the molecule is NC(=O)c1ccc(N2CCC(OC3CCN(C4CCC4)CC3)CC2)cn1. The van der Waals surface area contributed by atoms with Crippen LogP contribution in [0.1, 0.15) is 55.4 Å². The van der Waals surface area contributed by atoms with Gasteiger partial charge in [-0.2, -0.15) is 0 Å². The van der Waals surface area contributed by atoms with Gasteiger partial charge in [0.25, 0.3) is 5.91 Å². The number of pyridine rings is 1. The summed E-state index contributed by atoms with van der Waals surface area (Å²) in [6, 6.07) is 4.51. The number of carbonyl (C=O) groups is 1. The fourth-order valence-electron chi connectivity index (χ4n) is 4.37. The van der Waals surface area contributed by atoms with Crippen LogP contribution in [-0.2, 0) is 4.74 Å². The number of rotatable bonds is 5. The monoisotopic (exact) mass is 358 g/mol. The number of likely N-dealkylation sites (tertiary alicyclic amines) is 1. The summed E-state index contributed by atoms with van der Waals surface area (Å²) in [7, 11) is 0. The number of aromatic nitrogens is 1. The van der Waals surface area contributed by atoms with Crippen molar-refractivity contribution < 1.29 is 9.53 Å². The van der Waals surface area contributed by atoms with E-state index in [1.165, 1.54) is 45.2 Å². The smallest absolute Gasteiger partial charge is 0.267 e. The highest BCUT2D eigenvalue weighted by molar-refractivity contribution is 5.90. The number of nitrogens with two attached hydrogens (primary N) is 1. The summed E-state index contributed by atoms with van der Waals surface area (Å²) < 4.78 is 6.42. The number of carbonyl (C=O) groups excluding carboxylic acids is 1. The Balaban J connectivity index is 1.21. The molecule has 0 atom stereocenters. The van der Waals surface area contributed by atoms with Crippen molar-refractivity contribution in [2.24, 2.45) is 5.73 Å². The first kappa shape index (κ1) is 17.7. The van der Waals surface area contributed by atoms with Crippen LogP contribution < -0.4 is 10.6 Å². The highest BCUT2D eigenvalue weighted by Gasteiger charge is 2.30.